The van der Waals surface area contributed by atoms with Crippen molar-refractivity contribution in [2.75, 3.05) is 0 Å². The minimum absolute atomic E-state index is 0.532. The van der Waals surface area contributed by atoms with Gasteiger partial charge in [0, 0.05) is 5.56 Å². The predicted octanol–water partition coefficient (Wildman–Crippen LogP) is 4.99. The maximum atomic E-state index is 5.93. The van der Waals surface area contributed by atoms with Gasteiger partial charge in [-0.25, -0.2) is 0 Å². The van der Waals surface area contributed by atoms with E-state index in [1.54, 1.807) is 12.1 Å². The van der Waals surface area contributed by atoms with Crippen LogP contribution < -0.4 is 0 Å². The van der Waals surface area contributed by atoms with E-state index in [-0.39, 0.29) is 0 Å². The van der Waals surface area contributed by atoms with Gasteiger partial charge in [-0.3, -0.25) is 0 Å². The van der Waals surface area contributed by atoms with Crippen molar-refractivity contribution in [3.8, 4) is 0 Å². The molecule has 1 aromatic carbocycles. The highest BCUT2D eigenvalue weighted by Crippen LogP contribution is 2.31. The van der Waals surface area contributed by atoms with E-state index in [2.05, 4.69) is 15.9 Å². The molecular formula is C11H7BrCl2O. The first-order valence-electron chi connectivity index (χ1n) is 4.36. The van der Waals surface area contributed by atoms with E-state index in [4.69, 9.17) is 27.9 Å². The van der Waals surface area contributed by atoms with Crippen molar-refractivity contribution < 1.29 is 4.74 Å². The molecule has 1 aromatic rings. The third kappa shape index (κ3) is 2.57. The summed E-state index contributed by atoms with van der Waals surface area (Å²) in [5.41, 5.74) is 0.925. The van der Waals surface area contributed by atoms with Crippen LogP contribution in [0.4, 0.5) is 0 Å². The summed E-state index contributed by atoms with van der Waals surface area (Å²) in [6.07, 6.45) is 4.78. The quantitative estimate of drug-likeness (QED) is 0.710. The fourth-order valence-electron chi connectivity index (χ4n) is 1.27. The fourth-order valence-corrected chi connectivity index (χ4v) is 1.93. The van der Waals surface area contributed by atoms with Gasteiger partial charge in [-0.15, -0.1) is 0 Å². The number of rotatable bonds is 1. The molecule has 0 spiro atoms. The Morgan fingerprint density at radius 1 is 1.13 bits per heavy atom. The zero-order valence-corrected chi connectivity index (χ0v) is 10.7. The largest absolute Gasteiger partial charge is 0.450 e. The van der Waals surface area contributed by atoms with Gasteiger partial charge in [0.25, 0.3) is 0 Å². The van der Waals surface area contributed by atoms with Crippen LogP contribution in [0.25, 0.3) is 5.76 Å². The van der Waals surface area contributed by atoms with Gasteiger partial charge in [0.2, 0.25) is 0 Å². The third-order valence-electron chi connectivity index (χ3n) is 1.99. The van der Waals surface area contributed by atoms with Gasteiger partial charge < -0.3 is 4.74 Å². The zero-order valence-electron chi connectivity index (χ0n) is 7.64. The Morgan fingerprint density at radius 3 is 2.60 bits per heavy atom. The van der Waals surface area contributed by atoms with Gasteiger partial charge in [0.05, 0.1) is 10.0 Å². The second-order valence-corrected chi connectivity index (χ2v) is 4.64. The van der Waals surface area contributed by atoms with Crippen molar-refractivity contribution in [1.29, 1.82) is 0 Å². The van der Waals surface area contributed by atoms with Crippen LogP contribution in [0, 0.1) is 0 Å². The van der Waals surface area contributed by atoms with E-state index >= 15 is 0 Å². The van der Waals surface area contributed by atoms with Crippen molar-refractivity contribution in [1.82, 2.24) is 0 Å². The fraction of sp³-hybridized carbons (Fsp3) is 0.0909. The molecular weight excluding hydrogens is 299 g/mol. The van der Waals surface area contributed by atoms with Crippen LogP contribution in [0.2, 0.25) is 10.0 Å². The van der Waals surface area contributed by atoms with E-state index in [0.29, 0.717) is 10.0 Å². The summed E-state index contributed by atoms with van der Waals surface area (Å²) in [6.45, 7) is 0. The lowest BCUT2D eigenvalue weighted by Crippen LogP contribution is -1.93. The Kier molecular flexibility index (Phi) is 3.39. The number of benzene rings is 1. The van der Waals surface area contributed by atoms with E-state index < -0.39 is 0 Å². The molecule has 0 atom stereocenters. The minimum Gasteiger partial charge on any atom is -0.450 e. The molecule has 1 aliphatic rings. The highest BCUT2D eigenvalue weighted by Gasteiger charge is 2.09. The van der Waals surface area contributed by atoms with Crippen LogP contribution in [-0.2, 0) is 4.74 Å². The molecule has 0 N–H and O–H groups in total. The highest BCUT2D eigenvalue weighted by molar-refractivity contribution is 9.11. The smallest absolute Gasteiger partial charge is 0.166 e. The molecule has 2 rings (SSSR count). The minimum atomic E-state index is 0.532. The molecule has 0 bridgehead atoms. The summed E-state index contributed by atoms with van der Waals surface area (Å²) in [4.78, 5) is 0. The van der Waals surface area contributed by atoms with Gasteiger partial charge in [0.15, 0.2) is 4.67 Å². The third-order valence-corrected chi connectivity index (χ3v) is 3.22. The average molecular weight is 306 g/mol. The first-order chi connectivity index (χ1) is 7.16. The van der Waals surface area contributed by atoms with E-state index in [1.807, 2.05) is 18.2 Å². The Bertz CT molecular complexity index is 452. The number of ether oxygens (including phenoxy) is 1. The lowest BCUT2D eigenvalue weighted by molar-refractivity contribution is 0.416. The Morgan fingerprint density at radius 2 is 1.93 bits per heavy atom. The van der Waals surface area contributed by atoms with Gasteiger partial charge >= 0.3 is 0 Å². The van der Waals surface area contributed by atoms with Crippen LogP contribution >= 0.6 is 39.1 Å². The summed E-state index contributed by atoms with van der Waals surface area (Å²) < 4.78 is 6.23. The molecule has 0 aromatic heterocycles. The van der Waals surface area contributed by atoms with Crippen molar-refractivity contribution in [3.05, 3.63) is 50.6 Å². The van der Waals surface area contributed by atoms with Crippen molar-refractivity contribution in [2.24, 2.45) is 0 Å². The van der Waals surface area contributed by atoms with Crippen LogP contribution in [0.5, 0.6) is 0 Å². The molecule has 0 saturated carbocycles. The SMILES string of the molecule is Clc1ccc(C2=CCC=C(Br)O2)cc1Cl. The maximum absolute atomic E-state index is 5.93. The maximum Gasteiger partial charge on any atom is 0.166 e. The zero-order chi connectivity index (χ0) is 10.8. The summed E-state index contributed by atoms with van der Waals surface area (Å²) in [5, 5.41) is 1.08. The predicted molar refractivity (Wildman–Crippen MR) is 67.2 cm³/mol. The van der Waals surface area contributed by atoms with Gasteiger partial charge in [-0.2, -0.15) is 0 Å². The molecule has 0 unspecified atom stereocenters. The lowest BCUT2D eigenvalue weighted by Gasteiger charge is -2.13. The average Bonchev–Trinajstić information content (AvgIpc) is 2.22. The molecule has 0 fully saturated rings. The molecule has 4 heteroatoms. The van der Waals surface area contributed by atoms with Crippen molar-refractivity contribution >= 4 is 44.9 Å². The summed E-state index contributed by atoms with van der Waals surface area (Å²) >= 11 is 15.1. The molecule has 1 heterocycles. The monoisotopic (exact) mass is 304 g/mol. The second-order valence-electron chi connectivity index (χ2n) is 3.04. The Hall–Kier alpha value is -0.440. The molecule has 78 valence electrons. The molecule has 1 nitrogen and oxygen atoms in total. The standard InChI is InChI=1S/C11H7BrCl2O/c12-11-3-1-2-10(15-11)7-4-5-8(13)9(14)6-7/h2-6H,1H2. The van der Waals surface area contributed by atoms with E-state index in [0.717, 1.165) is 22.4 Å². The molecule has 1 aliphatic heterocycles. The molecule has 0 amide bonds. The van der Waals surface area contributed by atoms with Gasteiger partial charge in [-0.1, -0.05) is 23.2 Å². The van der Waals surface area contributed by atoms with Crippen LogP contribution in [0.1, 0.15) is 12.0 Å². The molecule has 0 aliphatic carbocycles. The van der Waals surface area contributed by atoms with E-state index in [1.165, 1.54) is 0 Å². The summed E-state index contributed by atoms with van der Waals surface area (Å²) in [5.74, 6) is 0.794. The highest BCUT2D eigenvalue weighted by atomic mass is 79.9. The van der Waals surface area contributed by atoms with Gasteiger partial charge in [-0.05, 0) is 52.7 Å². The second kappa shape index (κ2) is 4.60. The number of halogens is 3. The molecule has 0 radical (unpaired) electrons. The molecule has 0 saturated heterocycles. The number of hydrogen-bond donors (Lipinski definition) is 0. The lowest BCUT2D eigenvalue weighted by atomic mass is 10.1. The van der Waals surface area contributed by atoms with Crippen molar-refractivity contribution in [2.45, 2.75) is 6.42 Å². The van der Waals surface area contributed by atoms with Crippen LogP contribution in [-0.4, -0.2) is 0 Å². The first-order valence-corrected chi connectivity index (χ1v) is 5.91. The van der Waals surface area contributed by atoms with Crippen LogP contribution in [0.3, 0.4) is 0 Å². The summed E-state index contributed by atoms with van der Waals surface area (Å²) in [6, 6.07) is 5.43. The van der Waals surface area contributed by atoms with Crippen molar-refractivity contribution in [3.63, 3.8) is 0 Å². The number of allylic oxidation sites excluding steroid dienone is 2. The molecule has 15 heavy (non-hydrogen) atoms. The summed E-state index contributed by atoms with van der Waals surface area (Å²) in [7, 11) is 0. The Labute approximate surface area is 106 Å². The van der Waals surface area contributed by atoms with Gasteiger partial charge in [0.1, 0.15) is 5.76 Å². The normalized spacial score (nSPS) is 15.4. The van der Waals surface area contributed by atoms with Crippen LogP contribution in [0.15, 0.2) is 35.0 Å². The Balaban J connectivity index is 2.31. The first kappa shape index (κ1) is 11.1. The topological polar surface area (TPSA) is 9.23 Å². The number of hydrogen-bond acceptors (Lipinski definition) is 1. The van der Waals surface area contributed by atoms with E-state index in [9.17, 15) is 0 Å².